The van der Waals surface area contributed by atoms with Gasteiger partial charge in [-0.05, 0) is 24.6 Å². The Labute approximate surface area is 87.1 Å². The third-order valence-electron chi connectivity index (χ3n) is 1.74. The van der Waals surface area contributed by atoms with Crippen molar-refractivity contribution < 1.29 is 9.18 Å². The summed E-state index contributed by atoms with van der Waals surface area (Å²) < 4.78 is 12.5. The van der Waals surface area contributed by atoms with Gasteiger partial charge in [-0.25, -0.2) is 4.39 Å². The Morgan fingerprint density at radius 3 is 2.57 bits per heavy atom. The summed E-state index contributed by atoms with van der Waals surface area (Å²) in [7, 11) is 0. The molecule has 0 bridgehead atoms. The zero-order valence-corrected chi connectivity index (χ0v) is 8.51. The molecule has 0 aliphatic carbocycles. The van der Waals surface area contributed by atoms with Crippen molar-refractivity contribution in [1.82, 2.24) is 5.32 Å². The van der Waals surface area contributed by atoms with Crippen LogP contribution in [0.5, 0.6) is 0 Å². The highest BCUT2D eigenvalue weighted by Gasteiger charge is 2.07. The van der Waals surface area contributed by atoms with E-state index < -0.39 is 5.38 Å². The number of rotatable bonds is 3. The average Bonchev–Trinajstić information content (AvgIpc) is 2.16. The third-order valence-corrected chi connectivity index (χ3v) is 1.94. The molecular weight excluding hydrogens is 205 g/mol. The lowest BCUT2D eigenvalue weighted by atomic mass is 10.2. The van der Waals surface area contributed by atoms with Crippen LogP contribution in [0.1, 0.15) is 12.5 Å². The molecule has 0 fully saturated rings. The van der Waals surface area contributed by atoms with Crippen molar-refractivity contribution in [1.29, 1.82) is 0 Å². The van der Waals surface area contributed by atoms with E-state index in [1.165, 1.54) is 12.1 Å². The van der Waals surface area contributed by atoms with E-state index in [2.05, 4.69) is 5.32 Å². The molecule has 0 saturated heterocycles. The van der Waals surface area contributed by atoms with Crippen LogP contribution in [0.4, 0.5) is 4.39 Å². The molecule has 0 aliphatic heterocycles. The molecule has 0 saturated carbocycles. The van der Waals surface area contributed by atoms with Crippen LogP contribution in [0, 0.1) is 5.82 Å². The zero-order chi connectivity index (χ0) is 10.6. The molecule has 0 aliphatic rings. The molecule has 1 aromatic carbocycles. The number of halogens is 2. The van der Waals surface area contributed by atoms with Crippen LogP contribution < -0.4 is 5.32 Å². The topological polar surface area (TPSA) is 29.1 Å². The lowest BCUT2D eigenvalue weighted by Crippen LogP contribution is -2.28. The number of hydrogen-bond donors (Lipinski definition) is 1. The Hall–Kier alpha value is -1.09. The van der Waals surface area contributed by atoms with E-state index in [1.807, 2.05) is 0 Å². The van der Waals surface area contributed by atoms with Crippen LogP contribution in [-0.2, 0) is 11.3 Å². The SMILES string of the molecule is CC(Cl)C(=O)NCc1ccc(F)cc1. The first-order valence-electron chi connectivity index (χ1n) is 4.26. The molecule has 1 rings (SSSR count). The second-order valence-corrected chi connectivity index (χ2v) is 3.61. The summed E-state index contributed by atoms with van der Waals surface area (Å²) in [5.41, 5.74) is 0.845. The summed E-state index contributed by atoms with van der Waals surface area (Å²) in [5, 5.41) is 2.08. The predicted octanol–water partition coefficient (Wildman–Crippen LogP) is 2.07. The number of hydrogen-bond acceptors (Lipinski definition) is 1. The van der Waals surface area contributed by atoms with Gasteiger partial charge in [0.2, 0.25) is 5.91 Å². The molecule has 1 N–H and O–H groups in total. The normalized spacial score (nSPS) is 12.2. The second kappa shape index (κ2) is 4.96. The van der Waals surface area contributed by atoms with Gasteiger partial charge < -0.3 is 5.32 Å². The first-order chi connectivity index (χ1) is 6.59. The van der Waals surface area contributed by atoms with Gasteiger partial charge in [0.05, 0.1) is 0 Å². The molecule has 1 aromatic rings. The number of amides is 1. The minimum Gasteiger partial charge on any atom is -0.351 e. The number of carbonyl (C=O) groups excluding carboxylic acids is 1. The minimum atomic E-state index is -0.546. The number of nitrogens with one attached hydrogen (secondary N) is 1. The maximum absolute atomic E-state index is 12.5. The summed E-state index contributed by atoms with van der Waals surface area (Å²) in [6.45, 7) is 1.97. The molecule has 0 aromatic heterocycles. The van der Waals surface area contributed by atoms with E-state index in [9.17, 15) is 9.18 Å². The van der Waals surface area contributed by atoms with Crippen LogP contribution in [0.3, 0.4) is 0 Å². The van der Waals surface area contributed by atoms with E-state index in [-0.39, 0.29) is 11.7 Å². The van der Waals surface area contributed by atoms with E-state index in [1.54, 1.807) is 19.1 Å². The molecule has 76 valence electrons. The summed E-state index contributed by atoms with van der Waals surface area (Å²) in [6.07, 6.45) is 0. The van der Waals surface area contributed by atoms with Gasteiger partial charge in [-0.2, -0.15) is 0 Å². The Morgan fingerprint density at radius 1 is 1.50 bits per heavy atom. The molecular formula is C10H11ClFNO. The Kier molecular flexibility index (Phi) is 3.89. The number of alkyl halides is 1. The molecule has 4 heteroatoms. The summed E-state index contributed by atoms with van der Waals surface area (Å²) in [6, 6.07) is 5.94. The van der Waals surface area contributed by atoms with Crippen molar-refractivity contribution in [2.24, 2.45) is 0 Å². The van der Waals surface area contributed by atoms with Crippen molar-refractivity contribution in [3.05, 3.63) is 35.6 Å². The summed E-state index contributed by atoms with van der Waals surface area (Å²) in [4.78, 5) is 11.1. The lowest BCUT2D eigenvalue weighted by Gasteiger charge is -2.06. The maximum Gasteiger partial charge on any atom is 0.238 e. The first kappa shape index (κ1) is 11.0. The fourth-order valence-corrected chi connectivity index (χ4v) is 1.01. The van der Waals surface area contributed by atoms with Gasteiger partial charge in [-0.3, -0.25) is 4.79 Å². The Bertz CT molecular complexity index is 310. The van der Waals surface area contributed by atoms with E-state index in [4.69, 9.17) is 11.6 Å². The van der Waals surface area contributed by atoms with Gasteiger partial charge in [0.1, 0.15) is 11.2 Å². The summed E-state index contributed by atoms with van der Waals surface area (Å²) in [5.74, 6) is -0.512. The average molecular weight is 216 g/mol. The van der Waals surface area contributed by atoms with Crippen LogP contribution in [0.25, 0.3) is 0 Å². The molecule has 0 radical (unpaired) electrons. The van der Waals surface area contributed by atoms with Crippen LogP contribution in [0.2, 0.25) is 0 Å². The molecule has 0 heterocycles. The Balaban J connectivity index is 2.46. The van der Waals surface area contributed by atoms with Crippen molar-refractivity contribution in [2.45, 2.75) is 18.8 Å². The molecule has 1 atom stereocenters. The van der Waals surface area contributed by atoms with Gasteiger partial charge in [0.25, 0.3) is 0 Å². The molecule has 14 heavy (non-hydrogen) atoms. The van der Waals surface area contributed by atoms with E-state index in [0.717, 1.165) is 5.56 Å². The standard InChI is InChI=1S/C10H11ClFNO/c1-7(11)10(14)13-6-8-2-4-9(12)5-3-8/h2-5,7H,6H2,1H3,(H,13,14). The predicted molar refractivity (Wildman–Crippen MR) is 53.6 cm³/mol. The van der Waals surface area contributed by atoms with Crippen molar-refractivity contribution in [3.8, 4) is 0 Å². The van der Waals surface area contributed by atoms with Crippen LogP contribution in [-0.4, -0.2) is 11.3 Å². The van der Waals surface area contributed by atoms with Crippen LogP contribution >= 0.6 is 11.6 Å². The second-order valence-electron chi connectivity index (χ2n) is 2.96. The van der Waals surface area contributed by atoms with Crippen LogP contribution in [0.15, 0.2) is 24.3 Å². The van der Waals surface area contributed by atoms with Gasteiger partial charge >= 0.3 is 0 Å². The molecule has 1 unspecified atom stereocenters. The monoisotopic (exact) mass is 215 g/mol. The van der Waals surface area contributed by atoms with Crippen molar-refractivity contribution in [3.63, 3.8) is 0 Å². The highest BCUT2D eigenvalue weighted by molar-refractivity contribution is 6.30. The maximum atomic E-state index is 12.5. The molecule has 0 spiro atoms. The fourth-order valence-electron chi connectivity index (χ4n) is 0.932. The molecule has 2 nitrogen and oxygen atoms in total. The van der Waals surface area contributed by atoms with Gasteiger partial charge in [0.15, 0.2) is 0 Å². The van der Waals surface area contributed by atoms with Crippen molar-refractivity contribution in [2.75, 3.05) is 0 Å². The Morgan fingerprint density at radius 2 is 2.07 bits per heavy atom. The zero-order valence-electron chi connectivity index (χ0n) is 7.76. The minimum absolute atomic E-state index is 0.226. The van der Waals surface area contributed by atoms with Gasteiger partial charge in [-0.1, -0.05) is 12.1 Å². The van der Waals surface area contributed by atoms with Gasteiger partial charge in [-0.15, -0.1) is 11.6 Å². The highest BCUT2D eigenvalue weighted by Crippen LogP contribution is 2.02. The lowest BCUT2D eigenvalue weighted by molar-refractivity contribution is -0.120. The summed E-state index contributed by atoms with van der Waals surface area (Å²) >= 11 is 5.55. The van der Waals surface area contributed by atoms with E-state index >= 15 is 0 Å². The third kappa shape index (κ3) is 3.34. The highest BCUT2D eigenvalue weighted by atomic mass is 35.5. The smallest absolute Gasteiger partial charge is 0.238 e. The van der Waals surface area contributed by atoms with Gasteiger partial charge in [0, 0.05) is 6.54 Å². The molecule has 1 amide bonds. The first-order valence-corrected chi connectivity index (χ1v) is 4.69. The number of benzene rings is 1. The van der Waals surface area contributed by atoms with E-state index in [0.29, 0.717) is 6.54 Å². The number of carbonyl (C=O) groups is 1. The largest absolute Gasteiger partial charge is 0.351 e. The fraction of sp³-hybridized carbons (Fsp3) is 0.300. The van der Waals surface area contributed by atoms with Crippen molar-refractivity contribution >= 4 is 17.5 Å². The quantitative estimate of drug-likeness (QED) is 0.769.